The molecule has 0 spiro atoms. The smallest absolute Gasteiger partial charge is 0.266 e. The summed E-state index contributed by atoms with van der Waals surface area (Å²) in [5.41, 5.74) is 3.25. The zero-order valence-corrected chi connectivity index (χ0v) is 18.5. The summed E-state index contributed by atoms with van der Waals surface area (Å²) < 4.78 is 6.91. The van der Waals surface area contributed by atoms with Gasteiger partial charge in [0.15, 0.2) is 0 Å². The van der Waals surface area contributed by atoms with E-state index in [1.54, 1.807) is 30.2 Å². The van der Waals surface area contributed by atoms with Crippen LogP contribution in [0.3, 0.4) is 0 Å². The maximum atomic E-state index is 13.6. The fourth-order valence-electron chi connectivity index (χ4n) is 4.27. The Bertz CT molecular complexity index is 1470. The highest BCUT2D eigenvalue weighted by molar-refractivity contribution is 6.35. The summed E-state index contributed by atoms with van der Waals surface area (Å²) >= 11 is 0. The van der Waals surface area contributed by atoms with Gasteiger partial charge in [-0.15, -0.1) is 0 Å². The lowest BCUT2D eigenvalue weighted by Crippen LogP contribution is -2.27. The van der Waals surface area contributed by atoms with Crippen LogP contribution in [0.2, 0.25) is 0 Å². The molecule has 3 aromatic carbocycles. The molecule has 2 heterocycles. The molecule has 1 amide bonds. The zero-order valence-electron chi connectivity index (χ0n) is 18.5. The number of rotatable bonds is 5. The molecule has 6 nitrogen and oxygen atoms in total. The number of anilines is 1. The molecule has 0 N–H and O–H groups in total. The van der Waals surface area contributed by atoms with Crippen molar-refractivity contribution in [3.05, 3.63) is 94.5 Å². The minimum Gasteiger partial charge on any atom is -0.497 e. The third kappa shape index (κ3) is 3.49. The lowest BCUT2D eigenvalue weighted by Gasteiger charge is -2.15. The molecular weight excluding hydrogens is 414 g/mol. The van der Waals surface area contributed by atoms with Gasteiger partial charge in [-0.2, -0.15) is 0 Å². The maximum absolute atomic E-state index is 13.6. The number of methoxy groups -OCH3 is 1. The molecule has 5 rings (SSSR count). The first kappa shape index (κ1) is 20.7. The number of amides is 1. The fourth-order valence-corrected chi connectivity index (χ4v) is 4.27. The molecule has 0 atom stereocenters. The molecule has 6 heteroatoms. The normalized spacial score (nSPS) is 14.2. The highest BCUT2D eigenvalue weighted by Gasteiger charge is 2.32. The van der Waals surface area contributed by atoms with Crippen LogP contribution in [0.1, 0.15) is 24.7 Å². The van der Waals surface area contributed by atoms with Crippen LogP contribution in [0.25, 0.3) is 28.2 Å². The van der Waals surface area contributed by atoms with E-state index in [1.165, 1.54) is 4.57 Å². The maximum Gasteiger partial charge on any atom is 0.266 e. The molecule has 0 aliphatic carbocycles. The van der Waals surface area contributed by atoms with Crippen LogP contribution in [0, 0.1) is 0 Å². The van der Waals surface area contributed by atoms with Crippen LogP contribution in [0.15, 0.2) is 77.6 Å². The fraction of sp³-hybridized carbons (Fsp3) is 0.148. The molecule has 4 aromatic rings. The van der Waals surface area contributed by atoms with Gasteiger partial charge in [0.25, 0.3) is 11.5 Å². The number of para-hydroxylation sites is 2. The molecule has 0 unspecified atom stereocenters. The van der Waals surface area contributed by atoms with E-state index in [-0.39, 0.29) is 11.5 Å². The molecule has 1 aromatic heterocycles. The summed E-state index contributed by atoms with van der Waals surface area (Å²) in [7, 11) is 1.58. The lowest BCUT2D eigenvalue weighted by molar-refractivity contribution is -0.113. The van der Waals surface area contributed by atoms with E-state index in [4.69, 9.17) is 9.72 Å². The van der Waals surface area contributed by atoms with Crippen molar-refractivity contribution >= 4 is 34.1 Å². The van der Waals surface area contributed by atoms with Gasteiger partial charge in [0.2, 0.25) is 0 Å². The standard InChI is InChI=1S/C27H23N3O3/c1-3-15-29-24-14-7-5-11-20(24)22(26(29)31)17-25-28-23-13-6-4-12-21(23)27(32)30(25)18-9-8-10-19(16-18)33-2/h4-14,16-17H,3,15H2,1-2H3/b22-17-. The monoisotopic (exact) mass is 437 g/mol. The predicted octanol–water partition coefficient (Wildman–Crippen LogP) is 4.69. The third-order valence-corrected chi connectivity index (χ3v) is 5.79. The average molecular weight is 437 g/mol. The first-order valence-corrected chi connectivity index (χ1v) is 10.9. The van der Waals surface area contributed by atoms with Gasteiger partial charge in [0.1, 0.15) is 11.6 Å². The summed E-state index contributed by atoms with van der Waals surface area (Å²) in [5.74, 6) is 0.934. The molecule has 0 saturated heterocycles. The highest BCUT2D eigenvalue weighted by Crippen LogP contribution is 2.37. The summed E-state index contributed by atoms with van der Waals surface area (Å²) in [6.45, 7) is 2.67. The number of nitrogens with zero attached hydrogens (tertiary/aromatic N) is 3. The summed E-state index contributed by atoms with van der Waals surface area (Å²) in [6, 6.07) is 22.2. The Labute approximate surface area is 191 Å². The number of fused-ring (bicyclic) bond motifs is 2. The van der Waals surface area contributed by atoms with Gasteiger partial charge in [0, 0.05) is 18.2 Å². The Morgan fingerprint density at radius 1 is 0.970 bits per heavy atom. The summed E-state index contributed by atoms with van der Waals surface area (Å²) in [4.78, 5) is 33.5. The first-order chi connectivity index (χ1) is 16.1. The van der Waals surface area contributed by atoms with Gasteiger partial charge in [0.05, 0.1) is 35.0 Å². The van der Waals surface area contributed by atoms with Gasteiger partial charge in [-0.3, -0.25) is 14.2 Å². The largest absolute Gasteiger partial charge is 0.497 e. The molecule has 1 aliphatic heterocycles. The van der Waals surface area contributed by atoms with Crippen molar-refractivity contribution in [3.8, 4) is 11.4 Å². The number of aromatic nitrogens is 2. The molecule has 0 bridgehead atoms. The molecule has 1 aliphatic rings. The van der Waals surface area contributed by atoms with Gasteiger partial charge in [-0.25, -0.2) is 4.98 Å². The van der Waals surface area contributed by atoms with Gasteiger partial charge in [-0.1, -0.05) is 43.3 Å². The van der Waals surface area contributed by atoms with E-state index in [9.17, 15) is 9.59 Å². The van der Waals surface area contributed by atoms with Crippen LogP contribution in [0.5, 0.6) is 5.75 Å². The van der Waals surface area contributed by atoms with Gasteiger partial charge >= 0.3 is 0 Å². The molecule has 0 fully saturated rings. The Hall–Kier alpha value is -4.19. The molecule has 33 heavy (non-hydrogen) atoms. The van der Waals surface area contributed by atoms with E-state index in [0.717, 1.165) is 17.7 Å². The van der Waals surface area contributed by atoms with Crippen molar-refractivity contribution in [2.75, 3.05) is 18.6 Å². The van der Waals surface area contributed by atoms with Gasteiger partial charge in [-0.05, 0) is 42.8 Å². The number of hydrogen-bond acceptors (Lipinski definition) is 4. The summed E-state index contributed by atoms with van der Waals surface area (Å²) in [6.07, 6.45) is 2.57. The average Bonchev–Trinajstić information content (AvgIpc) is 3.10. The zero-order chi connectivity index (χ0) is 22.9. The van der Waals surface area contributed by atoms with Crippen LogP contribution >= 0.6 is 0 Å². The van der Waals surface area contributed by atoms with Crippen LogP contribution in [-0.4, -0.2) is 29.1 Å². The molecule has 0 radical (unpaired) electrons. The van der Waals surface area contributed by atoms with Crippen molar-refractivity contribution in [2.45, 2.75) is 13.3 Å². The molecule has 164 valence electrons. The SMILES string of the molecule is CCCN1C(=O)/C(=C\c2nc3ccccc3c(=O)n2-c2cccc(OC)c2)c2ccccc21. The minimum atomic E-state index is -0.204. The third-order valence-electron chi connectivity index (χ3n) is 5.79. The second kappa shape index (κ2) is 8.39. The van der Waals surface area contributed by atoms with Crippen molar-refractivity contribution in [2.24, 2.45) is 0 Å². The second-order valence-electron chi connectivity index (χ2n) is 7.86. The molecular formula is C27H23N3O3. The number of ether oxygens (including phenoxy) is 1. The highest BCUT2D eigenvalue weighted by atomic mass is 16.5. The summed E-state index contributed by atoms with van der Waals surface area (Å²) in [5, 5.41) is 0.508. The van der Waals surface area contributed by atoms with Crippen LogP contribution in [-0.2, 0) is 4.79 Å². The van der Waals surface area contributed by atoms with Crippen molar-refractivity contribution in [1.29, 1.82) is 0 Å². The Morgan fingerprint density at radius 3 is 2.58 bits per heavy atom. The predicted molar refractivity (Wildman–Crippen MR) is 131 cm³/mol. The first-order valence-electron chi connectivity index (χ1n) is 10.9. The number of carbonyl (C=O) groups excluding carboxylic acids is 1. The van der Waals surface area contributed by atoms with E-state index < -0.39 is 0 Å². The van der Waals surface area contributed by atoms with E-state index >= 15 is 0 Å². The Kier molecular flexibility index (Phi) is 5.26. The van der Waals surface area contributed by atoms with E-state index in [2.05, 4.69) is 0 Å². The van der Waals surface area contributed by atoms with Crippen LogP contribution < -0.4 is 15.2 Å². The Balaban J connectivity index is 1.79. The van der Waals surface area contributed by atoms with Crippen molar-refractivity contribution < 1.29 is 9.53 Å². The Morgan fingerprint density at radius 2 is 1.76 bits per heavy atom. The number of hydrogen-bond donors (Lipinski definition) is 0. The van der Waals surface area contributed by atoms with Crippen LogP contribution in [0.4, 0.5) is 5.69 Å². The van der Waals surface area contributed by atoms with E-state index in [1.807, 2.05) is 67.6 Å². The molecule has 0 saturated carbocycles. The van der Waals surface area contributed by atoms with Crippen molar-refractivity contribution in [3.63, 3.8) is 0 Å². The number of carbonyl (C=O) groups is 1. The van der Waals surface area contributed by atoms with Crippen molar-refractivity contribution in [1.82, 2.24) is 9.55 Å². The number of benzene rings is 3. The minimum absolute atomic E-state index is 0.0855. The second-order valence-corrected chi connectivity index (χ2v) is 7.86. The van der Waals surface area contributed by atoms with Gasteiger partial charge < -0.3 is 9.64 Å². The lowest BCUT2D eigenvalue weighted by atomic mass is 10.1. The quantitative estimate of drug-likeness (QED) is 0.425. The topological polar surface area (TPSA) is 64.4 Å². The van der Waals surface area contributed by atoms with E-state index in [0.29, 0.717) is 40.3 Å².